The lowest BCUT2D eigenvalue weighted by atomic mass is 10.2. The molecule has 2 rings (SSSR count). The molecule has 1 amide bonds. The largest absolute Gasteiger partial charge is 0.341 e. The Labute approximate surface area is 91.6 Å². The van der Waals surface area contributed by atoms with Gasteiger partial charge in [0.05, 0.1) is 6.04 Å². The molecule has 2 saturated heterocycles. The molecule has 86 valence electrons. The van der Waals surface area contributed by atoms with Crippen LogP contribution in [0.5, 0.6) is 0 Å². The van der Waals surface area contributed by atoms with Crippen LogP contribution in [0.1, 0.15) is 19.8 Å². The third-order valence-electron chi connectivity index (χ3n) is 3.47. The fraction of sp³-hybridized carbons (Fsp3) is 0.909. The first kappa shape index (κ1) is 10.9. The predicted octanol–water partition coefficient (Wildman–Crippen LogP) is -0.0975. The van der Waals surface area contributed by atoms with E-state index in [9.17, 15) is 4.79 Å². The molecule has 0 radical (unpaired) electrons. The summed E-state index contributed by atoms with van der Waals surface area (Å²) in [4.78, 5) is 16.4. The van der Waals surface area contributed by atoms with Crippen LogP contribution in [-0.2, 0) is 4.79 Å². The van der Waals surface area contributed by atoms with Gasteiger partial charge >= 0.3 is 0 Å². The lowest BCUT2D eigenvalue weighted by Gasteiger charge is -2.33. The zero-order valence-electron chi connectivity index (χ0n) is 9.54. The molecule has 0 aliphatic carbocycles. The highest BCUT2D eigenvalue weighted by molar-refractivity contribution is 5.81. The van der Waals surface area contributed by atoms with Crippen molar-refractivity contribution in [2.75, 3.05) is 39.3 Å². The minimum Gasteiger partial charge on any atom is -0.341 e. The average Bonchev–Trinajstić information content (AvgIpc) is 2.82. The fourth-order valence-electron chi connectivity index (χ4n) is 2.43. The van der Waals surface area contributed by atoms with Crippen molar-refractivity contribution in [2.24, 2.45) is 0 Å². The van der Waals surface area contributed by atoms with Gasteiger partial charge in [0.15, 0.2) is 0 Å². The summed E-state index contributed by atoms with van der Waals surface area (Å²) in [5.41, 5.74) is 0. The molecule has 0 aromatic heterocycles. The number of rotatable bonds is 2. The van der Waals surface area contributed by atoms with Crippen LogP contribution in [0.15, 0.2) is 0 Å². The number of amides is 1. The first-order chi connectivity index (χ1) is 7.29. The minimum absolute atomic E-state index is 0.0743. The van der Waals surface area contributed by atoms with Crippen molar-refractivity contribution in [1.29, 1.82) is 0 Å². The van der Waals surface area contributed by atoms with Crippen LogP contribution >= 0.6 is 0 Å². The van der Waals surface area contributed by atoms with Crippen LogP contribution in [0.25, 0.3) is 0 Å². The van der Waals surface area contributed by atoms with E-state index in [-0.39, 0.29) is 6.04 Å². The molecule has 2 aliphatic rings. The van der Waals surface area contributed by atoms with Gasteiger partial charge in [0, 0.05) is 39.3 Å². The third kappa shape index (κ3) is 2.49. The molecule has 0 aromatic carbocycles. The van der Waals surface area contributed by atoms with Crippen molar-refractivity contribution >= 4 is 5.91 Å². The van der Waals surface area contributed by atoms with Gasteiger partial charge in [-0.05, 0) is 19.8 Å². The number of nitrogens with zero attached hydrogens (tertiary/aromatic N) is 2. The Morgan fingerprint density at radius 3 is 2.33 bits per heavy atom. The van der Waals surface area contributed by atoms with E-state index in [1.54, 1.807) is 0 Å². The zero-order valence-corrected chi connectivity index (χ0v) is 9.54. The van der Waals surface area contributed by atoms with E-state index < -0.39 is 0 Å². The normalized spacial score (nSPS) is 25.5. The van der Waals surface area contributed by atoms with E-state index in [0.717, 1.165) is 39.3 Å². The topological polar surface area (TPSA) is 35.6 Å². The minimum atomic E-state index is 0.0743. The van der Waals surface area contributed by atoms with E-state index in [4.69, 9.17) is 0 Å². The first-order valence-electron chi connectivity index (χ1n) is 6.02. The second kappa shape index (κ2) is 4.94. The summed E-state index contributed by atoms with van der Waals surface area (Å²) in [6.07, 6.45) is 2.36. The van der Waals surface area contributed by atoms with Gasteiger partial charge in [-0.2, -0.15) is 0 Å². The van der Waals surface area contributed by atoms with Gasteiger partial charge in [-0.3, -0.25) is 9.69 Å². The van der Waals surface area contributed by atoms with Crippen molar-refractivity contribution in [3.8, 4) is 0 Å². The molecule has 2 heterocycles. The van der Waals surface area contributed by atoms with E-state index in [2.05, 4.69) is 10.2 Å². The summed E-state index contributed by atoms with van der Waals surface area (Å²) < 4.78 is 0. The summed E-state index contributed by atoms with van der Waals surface area (Å²) in [5, 5.41) is 3.31. The molecule has 0 aromatic rings. The molecule has 0 bridgehead atoms. The molecule has 15 heavy (non-hydrogen) atoms. The average molecular weight is 211 g/mol. The maximum Gasteiger partial charge on any atom is 0.239 e. The smallest absolute Gasteiger partial charge is 0.239 e. The van der Waals surface area contributed by atoms with E-state index in [1.807, 2.05) is 11.8 Å². The molecule has 2 aliphatic heterocycles. The Bertz CT molecular complexity index is 220. The van der Waals surface area contributed by atoms with Gasteiger partial charge in [-0.25, -0.2) is 0 Å². The molecular formula is C11H21N3O. The number of nitrogens with one attached hydrogen (secondary N) is 1. The number of hydrogen-bond acceptors (Lipinski definition) is 3. The summed E-state index contributed by atoms with van der Waals surface area (Å²) in [6, 6.07) is 0.0743. The van der Waals surface area contributed by atoms with Crippen LogP contribution in [0.4, 0.5) is 0 Å². The Morgan fingerprint density at radius 2 is 1.73 bits per heavy atom. The first-order valence-corrected chi connectivity index (χ1v) is 6.02. The lowest BCUT2D eigenvalue weighted by molar-refractivity contribution is -0.135. The number of carbonyl (C=O) groups is 1. The maximum absolute atomic E-state index is 12.1. The van der Waals surface area contributed by atoms with Crippen LogP contribution in [0.3, 0.4) is 0 Å². The van der Waals surface area contributed by atoms with Crippen molar-refractivity contribution in [3.05, 3.63) is 0 Å². The fourth-order valence-corrected chi connectivity index (χ4v) is 2.43. The number of piperazine rings is 1. The molecule has 2 fully saturated rings. The van der Waals surface area contributed by atoms with Crippen LogP contribution < -0.4 is 5.32 Å². The number of likely N-dealkylation sites (tertiary alicyclic amines) is 1. The van der Waals surface area contributed by atoms with Crippen molar-refractivity contribution in [2.45, 2.75) is 25.8 Å². The lowest BCUT2D eigenvalue weighted by Crippen LogP contribution is -2.53. The Hall–Kier alpha value is -0.610. The van der Waals surface area contributed by atoms with Gasteiger partial charge in [-0.1, -0.05) is 0 Å². The highest BCUT2D eigenvalue weighted by Gasteiger charge is 2.28. The van der Waals surface area contributed by atoms with Crippen molar-refractivity contribution in [1.82, 2.24) is 15.1 Å². The molecule has 1 atom stereocenters. The van der Waals surface area contributed by atoms with Crippen molar-refractivity contribution in [3.63, 3.8) is 0 Å². The standard InChI is InChI=1S/C11H21N3O/c1-10(13-8-4-12-5-9-13)11(15)14-6-2-3-7-14/h10,12H,2-9H2,1H3. The second-order valence-electron chi connectivity index (χ2n) is 4.49. The number of hydrogen-bond donors (Lipinski definition) is 1. The Morgan fingerprint density at radius 1 is 1.13 bits per heavy atom. The molecule has 4 heteroatoms. The summed E-state index contributed by atoms with van der Waals surface area (Å²) in [7, 11) is 0. The molecular weight excluding hydrogens is 190 g/mol. The van der Waals surface area contributed by atoms with Gasteiger partial charge in [-0.15, -0.1) is 0 Å². The third-order valence-corrected chi connectivity index (χ3v) is 3.47. The highest BCUT2D eigenvalue weighted by atomic mass is 16.2. The summed E-state index contributed by atoms with van der Waals surface area (Å²) in [5.74, 6) is 0.328. The Balaban J connectivity index is 1.87. The Kier molecular flexibility index (Phi) is 3.59. The van der Waals surface area contributed by atoms with Crippen LogP contribution in [0, 0.1) is 0 Å². The SMILES string of the molecule is CC(C(=O)N1CCCC1)N1CCNCC1. The van der Waals surface area contributed by atoms with E-state index in [0.29, 0.717) is 5.91 Å². The molecule has 0 spiro atoms. The summed E-state index contributed by atoms with van der Waals surface area (Å²) in [6.45, 7) is 8.01. The molecule has 0 saturated carbocycles. The second-order valence-corrected chi connectivity index (χ2v) is 4.49. The van der Waals surface area contributed by atoms with Gasteiger partial charge in [0.25, 0.3) is 0 Å². The predicted molar refractivity (Wildman–Crippen MR) is 59.7 cm³/mol. The monoisotopic (exact) mass is 211 g/mol. The van der Waals surface area contributed by atoms with E-state index in [1.165, 1.54) is 12.8 Å². The van der Waals surface area contributed by atoms with Gasteiger partial charge in [0.2, 0.25) is 5.91 Å². The molecule has 1 unspecified atom stereocenters. The number of carbonyl (C=O) groups excluding carboxylic acids is 1. The summed E-state index contributed by atoms with van der Waals surface area (Å²) >= 11 is 0. The quantitative estimate of drug-likeness (QED) is 0.693. The van der Waals surface area contributed by atoms with E-state index >= 15 is 0 Å². The van der Waals surface area contributed by atoms with Crippen LogP contribution in [-0.4, -0.2) is 61.0 Å². The molecule has 1 N–H and O–H groups in total. The van der Waals surface area contributed by atoms with Crippen molar-refractivity contribution < 1.29 is 4.79 Å². The van der Waals surface area contributed by atoms with Gasteiger partial charge in [0.1, 0.15) is 0 Å². The van der Waals surface area contributed by atoms with Gasteiger partial charge < -0.3 is 10.2 Å². The highest BCUT2D eigenvalue weighted by Crippen LogP contribution is 2.12. The molecule has 4 nitrogen and oxygen atoms in total. The van der Waals surface area contributed by atoms with Crippen LogP contribution in [0.2, 0.25) is 0 Å². The zero-order chi connectivity index (χ0) is 10.7. The maximum atomic E-state index is 12.1.